The van der Waals surface area contributed by atoms with E-state index < -0.39 is 18.2 Å². The van der Waals surface area contributed by atoms with Crippen LogP contribution in [-0.4, -0.2) is 46.9 Å². The van der Waals surface area contributed by atoms with Gasteiger partial charge in [-0.25, -0.2) is 0 Å². The van der Waals surface area contributed by atoms with Gasteiger partial charge < -0.3 is 20.3 Å². The van der Waals surface area contributed by atoms with Crippen molar-refractivity contribution in [3.05, 3.63) is 72.9 Å². The molecule has 6 nitrogen and oxygen atoms in total. The summed E-state index contributed by atoms with van der Waals surface area (Å²) in [5.74, 6) is -0.531. The molecule has 0 fully saturated rings. The van der Waals surface area contributed by atoms with Crippen LogP contribution in [0.25, 0.3) is 0 Å². The fourth-order valence-electron chi connectivity index (χ4n) is 8.09. The molecule has 3 atom stereocenters. The Morgan fingerprint density at radius 3 is 1.35 bits per heavy atom. The van der Waals surface area contributed by atoms with Gasteiger partial charge in [-0.15, -0.1) is 0 Å². The highest BCUT2D eigenvalue weighted by atomic mass is 16.5. The van der Waals surface area contributed by atoms with Crippen LogP contribution in [0.5, 0.6) is 0 Å². The highest BCUT2D eigenvalue weighted by Crippen LogP contribution is 2.17. The molecule has 3 unspecified atom stereocenters. The van der Waals surface area contributed by atoms with Gasteiger partial charge in [0.05, 0.1) is 25.2 Å². The van der Waals surface area contributed by atoms with Crippen molar-refractivity contribution < 1.29 is 24.5 Å². The van der Waals surface area contributed by atoms with E-state index in [1.54, 1.807) is 0 Å². The Morgan fingerprint density at radius 2 is 0.846 bits per heavy atom. The Bertz CT molecular complexity index is 1200. The van der Waals surface area contributed by atoms with Gasteiger partial charge in [0.15, 0.2) is 0 Å². The first-order chi connectivity index (χ1) is 32.0. The van der Waals surface area contributed by atoms with Crippen molar-refractivity contribution in [2.24, 2.45) is 0 Å². The lowest BCUT2D eigenvalue weighted by molar-refractivity contribution is -0.151. The third kappa shape index (κ3) is 47.6. The van der Waals surface area contributed by atoms with E-state index >= 15 is 0 Å². The summed E-state index contributed by atoms with van der Waals surface area (Å²) in [6.45, 7) is 6.43. The molecule has 0 saturated carbocycles. The highest BCUT2D eigenvalue weighted by Gasteiger charge is 2.24. The van der Waals surface area contributed by atoms with Crippen LogP contribution < -0.4 is 5.32 Å². The number of esters is 1. The Kier molecular flexibility index (Phi) is 50.1. The number of carbonyl (C=O) groups excluding carboxylic acids is 2. The second-order valence-electron chi connectivity index (χ2n) is 18.7. The maximum atomic E-state index is 13.2. The molecule has 0 heterocycles. The predicted molar refractivity (Wildman–Crippen MR) is 282 cm³/mol. The number of rotatable bonds is 49. The van der Waals surface area contributed by atoms with E-state index in [2.05, 4.69) is 99.0 Å². The minimum Gasteiger partial charge on any atom is -0.462 e. The first kappa shape index (κ1) is 62.3. The molecule has 0 aliphatic rings. The van der Waals surface area contributed by atoms with Gasteiger partial charge in [0.2, 0.25) is 5.91 Å². The summed E-state index contributed by atoms with van der Waals surface area (Å²) in [6, 6.07) is -0.721. The summed E-state index contributed by atoms with van der Waals surface area (Å²) < 4.78 is 5.93. The molecule has 0 aliphatic heterocycles. The van der Waals surface area contributed by atoms with Crippen LogP contribution in [-0.2, 0) is 14.3 Å². The summed E-state index contributed by atoms with van der Waals surface area (Å²) in [5, 5.41) is 23.8. The molecule has 1 amide bonds. The number of amides is 1. The molecule has 6 heteroatoms. The lowest BCUT2D eigenvalue weighted by Crippen LogP contribution is -2.46. The number of carbonyl (C=O) groups is 2. The SMILES string of the molecule is CCCCC/C=C\C/C=C\C/C=C\CCCCCCC(=O)OC(CCCCC/C=C/C=C/C=C/CCCCCCC)CC(=O)NC(CO)C(O)CCCCCCCCCCCCCCC. The van der Waals surface area contributed by atoms with Crippen molar-refractivity contribution in [2.75, 3.05) is 6.61 Å². The molecule has 0 aromatic carbocycles. The van der Waals surface area contributed by atoms with Crippen molar-refractivity contribution >= 4 is 11.9 Å². The highest BCUT2D eigenvalue weighted by molar-refractivity contribution is 5.77. The lowest BCUT2D eigenvalue weighted by atomic mass is 10.0. The normalized spacial score (nSPS) is 13.7. The van der Waals surface area contributed by atoms with Crippen molar-refractivity contribution in [1.29, 1.82) is 0 Å². The smallest absolute Gasteiger partial charge is 0.306 e. The standard InChI is InChI=1S/C59H105NO5/c1-4-7-10-13-16-19-22-25-27-29-31-34-37-40-43-46-49-52-59(64)65-55(50-47-44-41-38-35-33-30-28-26-23-20-17-14-11-8-5-2)53-58(63)60-56(54-61)57(62)51-48-45-42-39-36-32-24-21-18-15-12-9-6-3/h16,19,23,25-28,30-31,33-35,55-57,61-62H,4-15,17-18,20-22,24,29,32,36-54H2,1-3H3,(H,60,63)/b19-16-,26-23+,27-25-,30-28+,34-31-,35-33+. The molecule has 0 rings (SSSR count). The van der Waals surface area contributed by atoms with E-state index in [4.69, 9.17) is 4.74 Å². The molecular weight excluding hydrogens is 803 g/mol. The Balaban J connectivity index is 4.70. The molecule has 65 heavy (non-hydrogen) atoms. The lowest BCUT2D eigenvalue weighted by Gasteiger charge is -2.24. The quantitative estimate of drug-likeness (QED) is 0.0245. The van der Waals surface area contributed by atoms with Crippen molar-refractivity contribution in [3.63, 3.8) is 0 Å². The van der Waals surface area contributed by atoms with Crippen LogP contribution in [0.3, 0.4) is 0 Å². The zero-order chi connectivity index (χ0) is 47.4. The van der Waals surface area contributed by atoms with Crippen molar-refractivity contribution in [3.8, 4) is 0 Å². The van der Waals surface area contributed by atoms with E-state index in [9.17, 15) is 19.8 Å². The number of unbranched alkanes of at least 4 members (excludes halogenated alkanes) is 27. The second kappa shape index (κ2) is 52.3. The zero-order valence-corrected chi connectivity index (χ0v) is 42.9. The number of aliphatic hydroxyl groups is 2. The topological polar surface area (TPSA) is 95.9 Å². The van der Waals surface area contributed by atoms with E-state index in [-0.39, 0.29) is 24.9 Å². The Morgan fingerprint density at radius 1 is 0.462 bits per heavy atom. The molecule has 0 radical (unpaired) electrons. The molecule has 0 aromatic rings. The average Bonchev–Trinajstić information content (AvgIpc) is 3.30. The van der Waals surface area contributed by atoms with Crippen molar-refractivity contribution in [2.45, 2.75) is 283 Å². The molecule has 376 valence electrons. The third-order valence-electron chi connectivity index (χ3n) is 12.3. The van der Waals surface area contributed by atoms with E-state index in [0.717, 1.165) is 96.3 Å². The zero-order valence-electron chi connectivity index (χ0n) is 42.9. The van der Waals surface area contributed by atoms with E-state index in [0.29, 0.717) is 19.3 Å². The minimum atomic E-state index is -0.804. The van der Waals surface area contributed by atoms with Gasteiger partial charge >= 0.3 is 5.97 Å². The number of allylic oxidation sites excluding steroid dienone is 12. The van der Waals surface area contributed by atoms with Gasteiger partial charge in [0, 0.05) is 6.42 Å². The number of nitrogens with one attached hydrogen (secondary N) is 1. The van der Waals surface area contributed by atoms with E-state index in [1.165, 1.54) is 122 Å². The summed E-state index contributed by atoms with van der Waals surface area (Å²) in [7, 11) is 0. The monoisotopic (exact) mass is 908 g/mol. The van der Waals surface area contributed by atoms with Crippen LogP contribution in [0.4, 0.5) is 0 Å². The van der Waals surface area contributed by atoms with Gasteiger partial charge in [-0.1, -0.05) is 235 Å². The molecule has 0 bridgehead atoms. The number of hydrogen-bond donors (Lipinski definition) is 3. The van der Waals surface area contributed by atoms with Crippen LogP contribution >= 0.6 is 0 Å². The Labute approximate surface area is 402 Å². The largest absolute Gasteiger partial charge is 0.462 e. The summed E-state index contributed by atoms with van der Waals surface area (Å²) in [4.78, 5) is 26.2. The fourth-order valence-corrected chi connectivity index (χ4v) is 8.09. The third-order valence-corrected chi connectivity index (χ3v) is 12.3. The summed E-state index contributed by atoms with van der Waals surface area (Å²) >= 11 is 0. The first-order valence-corrected chi connectivity index (χ1v) is 27.7. The minimum absolute atomic E-state index is 0.0436. The van der Waals surface area contributed by atoms with Gasteiger partial charge in [-0.2, -0.15) is 0 Å². The van der Waals surface area contributed by atoms with Crippen LogP contribution in [0.1, 0.15) is 265 Å². The maximum Gasteiger partial charge on any atom is 0.306 e. The Hall–Kier alpha value is -2.70. The van der Waals surface area contributed by atoms with Crippen LogP contribution in [0.15, 0.2) is 72.9 Å². The number of hydrogen-bond acceptors (Lipinski definition) is 5. The molecule has 0 spiro atoms. The van der Waals surface area contributed by atoms with Gasteiger partial charge in [0.1, 0.15) is 6.10 Å². The average molecular weight is 908 g/mol. The number of aliphatic hydroxyl groups excluding tert-OH is 2. The second-order valence-corrected chi connectivity index (χ2v) is 18.7. The van der Waals surface area contributed by atoms with Crippen LogP contribution in [0, 0.1) is 0 Å². The summed E-state index contributed by atoms with van der Waals surface area (Å²) in [6.07, 6.45) is 66.7. The fraction of sp³-hybridized carbons (Fsp3) is 0.763. The van der Waals surface area contributed by atoms with Gasteiger partial charge in [-0.3, -0.25) is 9.59 Å². The van der Waals surface area contributed by atoms with Gasteiger partial charge in [0.25, 0.3) is 0 Å². The molecule has 0 saturated heterocycles. The van der Waals surface area contributed by atoms with E-state index in [1.807, 2.05) is 0 Å². The molecular formula is C59H105NO5. The maximum absolute atomic E-state index is 13.2. The number of ether oxygens (including phenoxy) is 1. The van der Waals surface area contributed by atoms with Crippen LogP contribution in [0.2, 0.25) is 0 Å². The first-order valence-electron chi connectivity index (χ1n) is 27.7. The summed E-state index contributed by atoms with van der Waals surface area (Å²) in [5.41, 5.74) is 0. The predicted octanol–water partition coefficient (Wildman–Crippen LogP) is 17.0. The molecule has 0 aliphatic carbocycles. The van der Waals surface area contributed by atoms with Gasteiger partial charge in [-0.05, 0) is 89.9 Å². The molecule has 3 N–H and O–H groups in total. The molecule has 0 aromatic heterocycles. The van der Waals surface area contributed by atoms with Crippen molar-refractivity contribution in [1.82, 2.24) is 5.32 Å².